The minimum atomic E-state index is -3.39. The Morgan fingerprint density at radius 1 is 1.19 bits per heavy atom. The Balaban J connectivity index is 2.69. The van der Waals surface area contributed by atoms with Gasteiger partial charge in [0, 0.05) is 25.3 Å². The predicted octanol–water partition coefficient (Wildman–Crippen LogP) is 0.865. The lowest BCUT2D eigenvalue weighted by molar-refractivity contribution is -0.116. The number of amides is 2. The van der Waals surface area contributed by atoms with Crippen LogP contribution in [-0.4, -0.2) is 43.9 Å². The van der Waals surface area contributed by atoms with Crippen LogP contribution in [0.1, 0.15) is 13.8 Å². The highest BCUT2D eigenvalue weighted by Crippen LogP contribution is 2.15. The molecule has 0 aliphatic heterocycles. The zero-order valence-electron chi connectivity index (χ0n) is 12.2. The Bertz CT molecular complexity index is 628. The van der Waals surface area contributed by atoms with E-state index in [4.69, 9.17) is 0 Å². The lowest BCUT2D eigenvalue weighted by Crippen LogP contribution is -2.35. The third-order valence-corrected chi connectivity index (χ3v) is 4.48. The summed E-state index contributed by atoms with van der Waals surface area (Å²) in [5.74, 6) is -0.726. The summed E-state index contributed by atoms with van der Waals surface area (Å²) in [4.78, 5) is 22.8. The average Bonchev–Trinajstić information content (AvgIpc) is 2.37. The molecular weight excluding hydrogens is 294 g/mol. The van der Waals surface area contributed by atoms with Gasteiger partial charge in [0.15, 0.2) is 0 Å². The Morgan fingerprint density at radius 3 is 2.29 bits per heavy atom. The SMILES string of the molecule is CCS(=O)(=O)N(C)CC(=O)Nc1cccc(NC(C)=O)c1. The van der Waals surface area contributed by atoms with Crippen LogP contribution in [0.3, 0.4) is 0 Å². The largest absolute Gasteiger partial charge is 0.326 e. The molecule has 0 fully saturated rings. The van der Waals surface area contributed by atoms with E-state index in [0.717, 1.165) is 4.31 Å². The smallest absolute Gasteiger partial charge is 0.239 e. The van der Waals surface area contributed by atoms with Gasteiger partial charge >= 0.3 is 0 Å². The van der Waals surface area contributed by atoms with E-state index in [1.165, 1.54) is 20.9 Å². The zero-order chi connectivity index (χ0) is 16.0. The number of nitrogens with one attached hydrogen (secondary N) is 2. The van der Waals surface area contributed by atoms with Gasteiger partial charge in [-0.3, -0.25) is 9.59 Å². The average molecular weight is 313 g/mol. The first-order valence-corrected chi connectivity index (χ1v) is 7.97. The second-order valence-electron chi connectivity index (χ2n) is 4.47. The molecule has 8 heteroatoms. The normalized spacial score (nSPS) is 11.2. The predicted molar refractivity (Wildman–Crippen MR) is 81.5 cm³/mol. The van der Waals surface area contributed by atoms with Crippen LogP contribution in [0.15, 0.2) is 24.3 Å². The lowest BCUT2D eigenvalue weighted by atomic mass is 10.2. The molecule has 0 spiro atoms. The second-order valence-corrected chi connectivity index (χ2v) is 6.83. The van der Waals surface area contributed by atoms with Crippen LogP contribution in [0.5, 0.6) is 0 Å². The second kappa shape index (κ2) is 7.19. The number of hydrogen-bond acceptors (Lipinski definition) is 4. The van der Waals surface area contributed by atoms with Gasteiger partial charge in [-0.2, -0.15) is 4.31 Å². The Kier molecular flexibility index (Phi) is 5.86. The zero-order valence-corrected chi connectivity index (χ0v) is 13.0. The summed E-state index contributed by atoms with van der Waals surface area (Å²) in [6.45, 7) is 2.64. The number of likely N-dealkylation sites (N-methyl/N-ethyl adjacent to an activating group) is 1. The Labute approximate surface area is 124 Å². The third-order valence-electron chi connectivity index (χ3n) is 2.67. The monoisotopic (exact) mass is 313 g/mol. The van der Waals surface area contributed by atoms with Gasteiger partial charge < -0.3 is 10.6 Å². The van der Waals surface area contributed by atoms with E-state index in [0.29, 0.717) is 11.4 Å². The molecule has 0 heterocycles. The molecule has 1 aromatic rings. The van der Waals surface area contributed by atoms with Crippen molar-refractivity contribution in [1.82, 2.24) is 4.31 Å². The molecule has 0 unspecified atom stereocenters. The molecule has 0 aliphatic rings. The summed E-state index contributed by atoms with van der Waals surface area (Å²) >= 11 is 0. The van der Waals surface area contributed by atoms with Crippen LogP contribution in [0.2, 0.25) is 0 Å². The fourth-order valence-electron chi connectivity index (χ4n) is 1.60. The first-order valence-electron chi connectivity index (χ1n) is 6.36. The van der Waals surface area contributed by atoms with Crippen LogP contribution >= 0.6 is 0 Å². The van der Waals surface area contributed by atoms with Crippen molar-refractivity contribution in [2.75, 3.05) is 30.0 Å². The number of nitrogens with zero attached hydrogens (tertiary/aromatic N) is 1. The molecule has 1 aromatic carbocycles. The van der Waals surface area contributed by atoms with Crippen molar-refractivity contribution < 1.29 is 18.0 Å². The minimum absolute atomic E-state index is 0.0607. The Hall–Kier alpha value is -1.93. The number of sulfonamides is 1. The molecule has 1 rings (SSSR count). The van der Waals surface area contributed by atoms with Crippen molar-refractivity contribution in [1.29, 1.82) is 0 Å². The van der Waals surface area contributed by atoms with Crippen molar-refractivity contribution >= 4 is 33.2 Å². The molecular formula is C13H19N3O4S. The summed E-state index contributed by atoms with van der Waals surface area (Å²) in [6, 6.07) is 6.60. The molecule has 0 bridgehead atoms. The third kappa shape index (κ3) is 5.52. The number of benzene rings is 1. The number of hydrogen-bond donors (Lipinski definition) is 2. The molecule has 0 radical (unpaired) electrons. The van der Waals surface area contributed by atoms with E-state index >= 15 is 0 Å². The fraction of sp³-hybridized carbons (Fsp3) is 0.385. The number of carbonyl (C=O) groups excluding carboxylic acids is 2. The maximum Gasteiger partial charge on any atom is 0.239 e. The van der Waals surface area contributed by atoms with E-state index in [1.54, 1.807) is 24.3 Å². The van der Waals surface area contributed by atoms with Gasteiger partial charge in [0.1, 0.15) is 0 Å². The first kappa shape index (κ1) is 17.1. The van der Waals surface area contributed by atoms with Gasteiger partial charge in [0.25, 0.3) is 0 Å². The van der Waals surface area contributed by atoms with Gasteiger partial charge in [0.2, 0.25) is 21.8 Å². The molecule has 7 nitrogen and oxygen atoms in total. The van der Waals surface area contributed by atoms with Gasteiger partial charge in [-0.1, -0.05) is 6.07 Å². The fourth-order valence-corrected chi connectivity index (χ4v) is 2.35. The molecule has 2 amide bonds. The van der Waals surface area contributed by atoms with Gasteiger partial charge in [-0.25, -0.2) is 8.42 Å². The first-order chi connectivity index (χ1) is 9.74. The van der Waals surface area contributed by atoms with Gasteiger partial charge in [0.05, 0.1) is 12.3 Å². The van der Waals surface area contributed by atoms with Crippen LogP contribution in [0.25, 0.3) is 0 Å². The van der Waals surface area contributed by atoms with Crippen LogP contribution in [0, 0.1) is 0 Å². The maximum atomic E-state index is 11.8. The Morgan fingerprint density at radius 2 is 1.76 bits per heavy atom. The maximum absolute atomic E-state index is 11.8. The lowest BCUT2D eigenvalue weighted by Gasteiger charge is -2.15. The number of rotatable bonds is 6. The van der Waals surface area contributed by atoms with Crippen LogP contribution in [0.4, 0.5) is 11.4 Å². The van der Waals surface area contributed by atoms with Crippen molar-refractivity contribution in [3.8, 4) is 0 Å². The van der Waals surface area contributed by atoms with Crippen LogP contribution in [-0.2, 0) is 19.6 Å². The summed E-state index contributed by atoms with van der Waals surface area (Å²) in [5.41, 5.74) is 1.03. The quantitative estimate of drug-likeness (QED) is 0.814. The van der Waals surface area contributed by atoms with Crippen LogP contribution < -0.4 is 10.6 Å². The van der Waals surface area contributed by atoms with E-state index in [9.17, 15) is 18.0 Å². The highest BCUT2D eigenvalue weighted by molar-refractivity contribution is 7.89. The number of carbonyl (C=O) groups is 2. The van der Waals surface area contributed by atoms with Crippen molar-refractivity contribution in [2.45, 2.75) is 13.8 Å². The summed E-state index contributed by atoms with van der Waals surface area (Å²) in [7, 11) is -2.04. The highest BCUT2D eigenvalue weighted by atomic mass is 32.2. The van der Waals surface area contributed by atoms with Crippen molar-refractivity contribution in [2.24, 2.45) is 0 Å². The molecule has 2 N–H and O–H groups in total. The summed E-state index contributed by atoms with van der Waals surface area (Å²) < 4.78 is 24.1. The summed E-state index contributed by atoms with van der Waals surface area (Å²) in [6.07, 6.45) is 0. The molecule has 0 aromatic heterocycles. The van der Waals surface area contributed by atoms with Crippen molar-refractivity contribution in [3.05, 3.63) is 24.3 Å². The van der Waals surface area contributed by atoms with Gasteiger partial charge in [-0.15, -0.1) is 0 Å². The van der Waals surface area contributed by atoms with Crippen molar-refractivity contribution in [3.63, 3.8) is 0 Å². The van der Waals surface area contributed by atoms with E-state index in [2.05, 4.69) is 10.6 Å². The standard InChI is InChI=1S/C13H19N3O4S/c1-4-21(19,20)16(3)9-13(18)15-12-7-5-6-11(8-12)14-10(2)17/h5-8H,4,9H2,1-3H3,(H,14,17)(H,15,18). The number of anilines is 2. The molecule has 0 atom stereocenters. The van der Waals surface area contributed by atoms with E-state index < -0.39 is 15.9 Å². The topological polar surface area (TPSA) is 95.6 Å². The van der Waals surface area contributed by atoms with Gasteiger partial charge in [-0.05, 0) is 25.1 Å². The van der Waals surface area contributed by atoms with E-state index in [1.807, 2.05) is 0 Å². The summed E-state index contributed by atoms with van der Waals surface area (Å²) in [5, 5.41) is 5.18. The molecule has 0 aliphatic carbocycles. The molecule has 0 saturated heterocycles. The van der Waals surface area contributed by atoms with E-state index in [-0.39, 0.29) is 18.2 Å². The molecule has 21 heavy (non-hydrogen) atoms. The highest BCUT2D eigenvalue weighted by Gasteiger charge is 2.18. The molecule has 116 valence electrons. The minimum Gasteiger partial charge on any atom is -0.326 e. The molecule has 0 saturated carbocycles.